The van der Waals surface area contributed by atoms with E-state index in [2.05, 4.69) is 0 Å². The van der Waals surface area contributed by atoms with E-state index in [1.165, 1.54) is 0 Å². The molecule has 0 aromatic heterocycles. The van der Waals surface area contributed by atoms with Crippen molar-refractivity contribution in [2.75, 3.05) is 7.11 Å². The molecule has 2 aromatic rings. The zero-order chi connectivity index (χ0) is 15.4. The van der Waals surface area contributed by atoms with Gasteiger partial charge in [-0.1, -0.05) is 42.5 Å². The van der Waals surface area contributed by atoms with E-state index in [0.29, 0.717) is 25.0 Å². The summed E-state index contributed by atoms with van der Waals surface area (Å²) in [6.07, 6.45) is 1.22. The molecule has 1 aliphatic rings. The fourth-order valence-electron chi connectivity index (χ4n) is 2.62. The molecule has 0 bridgehead atoms. The van der Waals surface area contributed by atoms with Crippen LogP contribution in [0.4, 0.5) is 0 Å². The van der Waals surface area contributed by atoms with E-state index in [4.69, 9.17) is 9.47 Å². The molecule has 3 heteroatoms. The topological polar surface area (TPSA) is 35.5 Å². The molecule has 0 unspecified atom stereocenters. The van der Waals surface area contributed by atoms with E-state index in [1.54, 1.807) is 7.11 Å². The average molecular weight is 294 g/mol. The van der Waals surface area contributed by atoms with Gasteiger partial charge in [-0.05, 0) is 23.3 Å². The Hall–Kier alpha value is -2.55. The lowest BCUT2D eigenvalue weighted by molar-refractivity contribution is -0.113. The predicted octanol–water partition coefficient (Wildman–Crippen LogP) is 3.99. The summed E-state index contributed by atoms with van der Waals surface area (Å²) in [5.41, 5.74) is 2.73. The standard InChI is InChI=1S/C19H18O3/c1-21-18-12-11-17(20)19(18)15-7-9-16(10-8-15)22-13-14-5-3-2-4-6-14/h2-10H,11-13H2,1H3. The van der Waals surface area contributed by atoms with Crippen molar-refractivity contribution >= 4 is 11.4 Å². The Morgan fingerprint density at radius 3 is 2.36 bits per heavy atom. The first-order valence-corrected chi connectivity index (χ1v) is 7.35. The van der Waals surface area contributed by atoms with Crippen LogP contribution in [0.3, 0.4) is 0 Å². The molecule has 22 heavy (non-hydrogen) atoms. The van der Waals surface area contributed by atoms with Crippen molar-refractivity contribution in [1.29, 1.82) is 0 Å². The number of methoxy groups -OCH3 is 1. The SMILES string of the molecule is COC1=C(c2ccc(OCc3ccccc3)cc2)C(=O)CC1. The van der Waals surface area contributed by atoms with Crippen LogP contribution < -0.4 is 4.74 Å². The van der Waals surface area contributed by atoms with Crippen molar-refractivity contribution in [1.82, 2.24) is 0 Å². The maximum Gasteiger partial charge on any atom is 0.167 e. The van der Waals surface area contributed by atoms with E-state index < -0.39 is 0 Å². The van der Waals surface area contributed by atoms with Crippen molar-refractivity contribution in [2.45, 2.75) is 19.4 Å². The van der Waals surface area contributed by atoms with Crippen LogP contribution in [0.2, 0.25) is 0 Å². The molecule has 0 spiro atoms. The van der Waals surface area contributed by atoms with E-state index in [9.17, 15) is 4.79 Å². The van der Waals surface area contributed by atoms with Gasteiger partial charge in [-0.25, -0.2) is 0 Å². The van der Waals surface area contributed by atoms with Crippen LogP contribution in [0.5, 0.6) is 5.75 Å². The van der Waals surface area contributed by atoms with Crippen molar-refractivity contribution in [3.63, 3.8) is 0 Å². The Bertz CT molecular complexity index is 684. The normalized spacial score (nSPS) is 14.3. The molecule has 0 atom stereocenters. The van der Waals surface area contributed by atoms with Crippen molar-refractivity contribution in [3.8, 4) is 5.75 Å². The van der Waals surface area contributed by atoms with E-state index >= 15 is 0 Å². The highest BCUT2D eigenvalue weighted by molar-refractivity contribution is 6.23. The monoisotopic (exact) mass is 294 g/mol. The maximum atomic E-state index is 12.0. The van der Waals surface area contributed by atoms with Gasteiger partial charge >= 0.3 is 0 Å². The van der Waals surface area contributed by atoms with E-state index in [0.717, 1.165) is 22.6 Å². The molecule has 2 aromatic carbocycles. The summed E-state index contributed by atoms with van der Waals surface area (Å²) in [5, 5.41) is 0. The van der Waals surface area contributed by atoms with Gasteiger partial charge in [-0.2, -0.15) is 0 Å². The number of carbonyl (C=O) groups is 1. The van der Waals surface area contributed by atoms with Gasteiger partial charge < -0.3 is 9.47 Å². The number of ether oxygens (including phenoxy) is 2. The van der Waals surface area contributed by atoms with Crippen molar-refractivity contribution in [2.24, 2.45) is 0 Å². The second-order valence-corrected chi connectivity index (χ2v) is 5.22. The number of rotatable bonds is 5. The zero-order valence-electron chi connectivity index (χ0n) is 12.5. The molecular weight excluding hydrogens is 276 g/mol. The van der Waals surface area contributed by atoms with Gasteiger partial charge in [0.2, 0.25) is 0 Å². The Morgan fingerprint density at radius 2 is 1.68 bits per heavy atom. The molecule has 112 valence electrons. The number of allylic oxidation sites excluding steroid dienone is 2. The molecule has 0 heterocycles. The molecule has 0 N–H and O–H groups in total. The molecule has 0 fully saturated rings. The minimum atomic E-state index is 0.148. The number of ketones is 1. The summed E-state index contributed by atoms with van der Waals surface area (Å²) >= 11 is 0. The number of Topliss-reactive ketones (excluding diaryl/α,β-unsaturated/α-hetero) is 1. The van der Waals surface area contributed by atoms with Crippen LogP contribution in [0.1, 0.15) is 24.0 Å². The Labute approximate surface area is 130 Å². The fraction of sp³-hybridized carbons (Fsp3) is 0.211. The minimum absolute atomic E-state index is 0.148. The Balaban J connectivity index is 1.72. The lowest BCUT2D eigenvalue weighted by Gasteiger charge is -2.09. The van der Waals surface area contributed by atoms with Crippen LogP contribution in [-0.4, -0.2) is 12.9 Å². The maximum absolute atomic E-state index is 12.0. The molecule has 0 saturated carbocycles. The third-order valence-electron chi connectivity index (χ3n) is 3.77. The number of hydrogen-bond donors (Lipinski definition) is 0. The Kier molecular flexibility index (Phi) is 4.24. The first-order valence-electron chi connectivity index (χ1n) is 7.35. The third kappa shape index (κ3) is 3.03. The van der Waals surface area contributed by atoms with Crippen molar-refractivity contribution < 1.29 is 14.3 Å². The first-order chi connectivity index (χ1) is 10.8. The molecule has 1 aliphatic carbocycles. The summed E-state index contributed by atoms with van der Waals surface area (Å²) in [6, 6.07) is 17.6. The summed E-state index contributed by atoms with van der Waals surface area (Å²) in [5.74, 6) is 1.72. The molecule has 0 radical (unpaired) electrons. The molecule has 0 amide bonds. The summed E-state index contributed by atoms with van der Waals surface area (Å²) < 4.78 is 11.1. The summed E-state index contributed by atoms with van der Waals surface area (Å²) in [7, 11) is 1.62. The molecule has 3 rings (SSSR count). The molecular formula is C19H18O3. The van der Waals surface area contributed by atoms with Gasteiger partial charge in [0.1, 0.15) is 18.1 Å². The largest absolute Gasteiger partial charge is 0.500 e. The van der Waals surface area contributed by atoms with Gasteiger partial charge in [0.15, 0.2) is 5.78 Å². The molecule has 0 aliphatic heterocycles. The lowest BCUT2D eigenvalue weighted by Crippen LogP contribution is -1.98. The predicted molar refractivity (Wildman–Crippen MR) is 85.4 cm³/mol. The number of carbonyl (C=O) groups excluding carboxylic acids is 1. The number of benzene rings is 2. The van der Waals surface area contributed by atoms with Crippen LogP contribution in [0, 0.1) is 0 Å². The van der Waals surface area contributed by atoms with Gasteiger partial charge in [0.05, 0.1) is 12.7 Å². The van der Waals surface area contributed by atoms with Crippen LogP contribution in [0.15, 0.2) is 60.4 Å². The summed E-state index contributed by atoms with van der Waals surface area (Å²) in [6.45, 7) is 0.533. The van der Waals surface area contributed by atoms with Gasteiger partial charge in [-0.3, -0.25) is 4.79 Å². The van der Waals surface area contributed by atoms with Crippen LogP contribution in [0.25, 0.3) is 5.57 Å². The van der Waals surface area contributed by atoms with Crippen LogP contribution in [-0.2, 0) is 16.1 Å². The highest BCUT2D eigenvalue weighted by Gasteiger charge is 2.25. The second kappa shape index (κ2) is 6.48. The smallest absolute Gasteiger partial charge is 0.167 e. The zero-order valence-corrected chi connectivity index (χ0v) is 12.5. The highest BCUT2D eigenvalue weighted by atomic mass is 16.5. The van der Waals surface area contributed by atoms with Gasteiger partial charge in [0, 0.05) is 12.8 Å². The van der Waals surface area contributed by atoms with E-state index in [1.807, 2.05) is 54.6 Å². The van der Waals surface area contributed by atoms with Crippen LogP contribution >= 0.6 is 0 Å². The number of hydrogen-bond acceptors (Lipinski definition) is 3. The lowest BCUT2D eigenvalue weighted by atomic mass is 10.0. The van der Waals surface area contributed by atoms with Crippen molar-refractivity contribution in [3.05, 3.63) is 71.5 Å². The highest BCUT2D eigenvalue weighted by Crippen LogP contribution is 2.32. The third-order valence-corrected chi connectivity index (χ3v) is 3.77. The molecule has 0 saturated heterocycles. The fourth-order valence-corrected chi connectivity index (χ4v) is 2.62. The average Bonchev–Trinajstić information content (AvgIpc) is 2.95. The minimum Gasteiger partial charge on any atom is -0.500 e. The van der Waals surface area contributed by atoms with Gasteiger partial charge in [0.25, 0.3) is 0 Å². The summed E-state index contributed by atoms with van der Waals surface area (Å²) in [4.78, 5) is 12.0. The Morgan fingerprint density at radius 1 is 0.955 bits per heavy atom. The van der Waals surface area contributed by atoms with Gasteiger partial charge in [-0.15, -0.1) is 0 Å². The van der Waals surface area contributed by atoms with E-state index in [-0.39, 0.29) is 5.78 Å². The second-order valence-electron chi connectivity index (χ2n) is 5.22. The molecule has 3 nitrogen and oxygen atoms in total. The first kappa shape index (κ1) is 14.4. The quantitative estimate of drug-likeness (QED) is 0.836.